The fourth-order valence-electron chi connectivity index (χ4n) is 1.63. The number of β-amino-alcohol motifs (C(OH)–C–C–N with tert-alkyl or cyclic N) is 1. The first-order chi connectivity index (χ1) is 7.89. The third-order valence-electron chi connectivity index (χ3n) is 2.81. The van der Waals surface area contributed by atoms with Crippen LogP contribution in [0.4, 0.5) is 5.69 Å². The zero-order chi connectivity index (χ0) is 12.5. The van der Waals surface area contributed by atoms with Gasteiger partial charge in [0.2, 0.25) is 0 Å². The Morgan fingerprint density at radius 1 is 1.35 bits per heavy atom. The molecule has 1 aliphatic rings. The molecular formula is C11H16N2O3S. The highest BCUT2D eigenvalue weighted by atomic mass is 32.2. The highest BCUT2D eigenvalue weighted by molar-refractivity contribution is 7.90. The van der Waals surface area contributed by atoms with Gasteiger partial charge in [0.1, 0.15) is 5.60 Å². The molecule has 5 nitrogen and oxygen atoms in total. The molecule has 1 aromatic rings. The van der Waals surface area contributed by atoms with Gasteiger partial charge in [0.15, 0.2) is 9.84 Å². The van der Waals surface area contributed by atoms with Crippen molar-refractivity contribution >= 4 is 15.5 Å². The van der Waals surface area contributed by atoms with E-state index >= 15 is 0 Å². The molecule has 94 valence electrons. The van der Waals surface area contributed by atoms with E-state index in [0.29, 0.717) is 24.5 Å². The SMILES string of the molecule is CS(=O)(=O)c1ccc(NCC2(O)CNC2)cc1. The topological polar surface area (TPSA) is 78.4 Å². The quantitative estimate of drug-likeness (QED) is 0.697. The molecule has 1 aromatic carbocycles. The van der Waals surface area contributed by atoms with Gasteiger partial charge in [0.05, 0.1) is 4.90 Å². The van der Waals surface area contributed by atoms with Crippen molar-refractivity contribution in [1.29, 1.82) is 0 Å². The van der Waals surface area contributed by atoms with Crippen molar-refractivity contribution in [3.63, 3.8) is 0 Å². The number of aliphatic hydroxyl groups is 1. The molecule has 6 heteroatoms. The molecule has 0 amide bonds. The highest BCUT2D eigenvalue weighted by Gasteiger charge is 2.33. The van der Waals surface area contributed by atoms with Crippen LogP contribution in [0.3, 0.4) is 0 Å². The monoisotopic (exact) mass is 256 g/mol. The summed E-state index contributed by atoms with van der Waals surface area (Å²) in [6, 6.07) is 6.51. The van der Waals surface area contributed by atoms with E-state index in [4.69, 9.17) is 0 Å². The van der Waals surface area contributed by atoms with Crippen LogP contribution in [0, 0.1) is 0 Å². The molecule has 0 atom stereocenters. The predicted molar refractivity (Wildman–Crippen MR) is 65.9 cm³/mol. The summed E-state index contributed by atoms with van der Waals surface area (Å²) >= 11 is 0. The predicted octanol–water partition coefficient (Wildman–Crippen LogP) is -0.164. The first kappa shape index (κ1) is 12.3. The van der Waals surface area contributed by atoms with Gasteiger partial charge in [-0.15, -0.1) is 0 Å². The minimum Gasteiger partial charge on any atom is -0.385 e. The molecule has 0 radical (unpaired) electrons. The number of hydrogen-bond acceptors (Lipinski definition) is 5. The van der Waals surface area contributed by atoms with Gasteiger partial charge in [-0.25, -0.2) is 8.42 Å². The summed E-state index contributed by atoms with van der Waals surface area (Å²) in [6.07, 6.45) is 1.18. The van der Waals surface area contributed by atoms with Crippen LogP contribution in [0.2, 0.25) is 0 Å². The summed E-state index contributed by atoms with van der Waals surface area (Å²) in [5, 5.41) is 15.9. The Kier molecular flexibility index (Phi) is 3.11. The number of anilines is 1. The van der Waals surface area contributed by atoms with Crippen LogP contribution < -0.4 is 10.6 Å². The lowest BCUT2D eigenvalue weighted by Gasteiger charge is -2.37. The maximum absolute atomic E-state index is 11.2. The van der Waals surface area contributed by atoms with E-state index in [-0.39, 0.29) is 0 Å². The van der Waals surface area contributed by atoms with E-state index in [1.54, 1.807) is 24.3 Å². The van der Waals surface area contributed by atoms with Gasteiger partial charge in [-0.3, -0.25) is 0 Å². The van der Waals surface area contributed by atoms with Crippen molar-refractivity contribution < 1.29 is 13.5 Å². The van der Waals surface area contributed by atoms with Crippen LogP contribution >= 0.6 is 0 Å². The lowest BCUT2D eigenvalue weighted by Crippen LogP contribution is -2.62. The van der Waals surface area contributed by atoms with Crippen molar-refractivity contribution in [3.05, 3.63) is 24.3 Å². The number of hydrogen-bond donors (Lipinski definition) is 3. The molecule has 1 saturated heterocycles. The lowest BCUT2D eigenvalue weighted by molar-refractivity contribution is 0.00313. The molecular weight excluding hydrogens is 240 g/mol. The van der Waals surface area contributed by atoms with Crippen LogP contribution in [-0.4, -0.2) is 45.0 Å². The van der Waals surface area contributed by atoms with Gasteiger partial charge in [0, 0.05) is 31.6 Å². The first-order valence-electron chi connectivity index (χ1n) is 5.36. The Labute approximate surface area is 101 Å². The van der Waals surface area contributed by atoms with Crippen molar-refractivity contribution in [2.45, 2.75) is 10.5 Å². The summed E-state index contributed by atoms with van der Waals surface area (Å²) in [6.45, 7) is 1.63. The molecule has 2 rings (SSSR count). The van der Waals surface area contributed by atoms with Gasteiger partial charge < -0.3 is 15.7 Å². The Balaban J connectivity index is 1.99. The third kappa shape index (κ3) is 2.96. The molecule has 0 spiro atoms. The summed E-state index contributed by atoms with van der Waals surface area (Å²) in [7, 11) is -3.14. The molecule has 0 saturated carbocycles. The Morgan fingerprint density at radius 2 is 1.94 bits per heavy atom. The summed E-state index contributed by atoms with van der Waals surface area (Å²) in [5.74, 6) is 0. The number of sulfone groups is 1. The summed E-state index contributed by atoms with van der Waals surface area (Å²) in [4.78, 5) is 0.298. The summed E-state index contributed by atoms with van der Waals surface area (Å²) in [5.41, 5.74) is 0.118. The van der Waals surface area contributed by atoms with Crippen molar-refractivity contribution in [3.8, 4) is 0 Å². The van der Waals surface area contributed by atoms with Gasteiger partial charge in [0.25, 0.3) is 0 Å². The van der Waals surface area contributed by atoms with Crippen LogP contribution in [-0.2, 0) is 9.84 Å². The number of benzene rings is 1. The molecule has 1 heterocycles. The minimum atomic E-state index is -3.14. The molecule has 0 bridgehead atoms. The smallest absolute Gasteiger partial charge is 0.175 e. The molecule has 0 aromatic heterocycles. The van der Waals surface area contributed by atoms with E-state index in [2.05, 4.69) is 10.6 Å². The van der Waals surface area contributed by atoms with Crippen LogP contribution in [0.1, 0.15) is 0 Å². The average Bonchev–Trinajstić information content (AvgIpc) is 2.23. The van der Waals surface area contributed by atoms with E-state index in [1.165, 1.54) is 6.26 Å². The van der Waals surface area contributed by atoms with Crippen molar-refractivity contribution in [2.75, 3.05) is 31.2 Å². The van der Waals surface area contributed by atoms with Gasteiger partial charge in [-0.05, 0) is 24.3 Å². The molecule has 1 aliphatic heterocycles. The van der Waals surface area contributed by atoms with E-state index < -0.39 is 15.4 Å². The standard InChI is InChI=1S/C11H16N2O3S/c1-17(15,16)10-4-2-9(3-5-10)13-8-11(14)6-12-7-11/h2-5,12-14H,6-8H2,1H3. The molecule has 1 fully saturated rings. The third-order valence-corrected chi connectivity index (χ3v) is 3.94. The second-order valence-corrected chi connectivity index (χ2v) is 6.49. The molecule has 0 aliphatic carbocycles. The van der Waals surface area contributed by atoms with Crippen LogP contribution in [0.25, 0.3) is 0 Å². The average molecular weight is 256 g/mol. The minimum absolute atomic E-state index is 0.298. The van der Waals surface area contributed by atoms with Crippen LogP contribution in [0.5, 0.6) is 0 Å². The van der Waals surface area contributed by atoms with Crippen molar-refractivity contribution in [2.24, 2.45) is 0 Å². The molecule has 0 unspecified atom stereocenters. The number of nitrogens with one attached hydrogen (secondary N) is 2. The van der Waals surface area contributed by atoms with E-state index in [9.17, 15) is 13.5 Å². The second kappa shape index (κ2) is 4.29. The van der Waals surface area contributed by atoms with Gasteiger partial charge in [-0.1, -0.05) is 0 Å². The van der Waals surface area contributed by atoms with Gasteiger partial charge >= 0.3 is 0 Å². The zero-order valence-electron chi connectivity index (χ0n) is 9.60. The van der Waals surface area contributed by atoms with Crippen molar-refractivity contribution in [1.82, 2.24) is 5.32 Å². The second-order valence-electron chi connectivity index (χ2n) is 4.48. The lowest BCUT2D eigenvalue weighted by atomic mass is 9.97. The molecule has 3 N–H and O–H groups in total. The van der Waals surface area contributed by atoms with E-state index in [0.717, 1.165) is 5.69 Å². The number of rotatable bonds is 4. The Hall–Kier alpha value is -1.11. The Morgan fingerprint density at radius 3 is 2.35 bits per heavy atom. The van der Waals surface area contributed by atoms with E-state index in [1.807, 2.05) is 0 Å². The maximum atomic E-state index is 11.2. The molecule has 17 heavy (non-hydrogen) atoms. The van der Waals surface area contributed by atoms with Gasteiger partial charge in [-0.2, -0.15) is 0 Å². The fourth-order valence-corrected chi connectivity index (χ4v) is 2.26. The van der Waals surface area contributed by atoms with Crippen LogP contribution in [0.15, 0.2) is 29.2 Å². The first-order valence-corrected chi connectivity index (χ1v) is 7.25. The Bertz CT molecular complexity index is 492. The maximum Gasteiger partial charge on any atom is 0.175 e. The normalized spacial score (nSPS) is 18.5. The zero-order valence-corrected chi connectivity index (χ0v) is 10.4. The largest absolute Gasteiger partial charge is 0.385 e. The fraction of sp³-hybridized carbons (Fsp3) is 0.455. The highest BCUT2D eigenvalue weighted by Crippen LogP contribution is 2.16. The summed E-state index contributed by atoms with van der Waals surface area (Å²) < 4.78 is 22.5.